The summed E-state index contributed by atoms with van der Waals surface area (Å²) in [5.74, 6) is -0.000877. The minimum atomic E-state index is -0.000877. The number of hydrogen-bond acceptors (Lipinski definition) is 4. The highest BCUT2D eigenvalue weighted by molar-refractivity contribution is 7.80. The molecule has 100 valence electrons. The molecular weight excluding hydrogens is 276 g/mol. The number of hydrogen-bond donors (Lipinski definition) is 1. The number of rotatable bonds is 3. The summed E-state index contributed by atoms with van der Waals surface area (Å²) in [5.41, 5.74) is 2.59. The van der Waals surface area contributed by atoms with Crippen LogP contribution in [0.2, 0.25) is 0 Å². The maximum Gasteiger partial charge on any atom is 0.254 e. The Balaban J connectivity index is 2.16. The lowest BCUT2D eigenvalue weighted by Crippen LogP contribution is -2.27. The molecule has 0 aliphatic heterocycles. The summed E-state index contributed by atoms with van der Waals surface area (Å²) in [5, 5.41) is 3.01. The van der Waals surface area contributed by atoms with Crippen LogP contribution in [0.4, 0.5) is 0 Å². The molecule has 1 aromatic heterocycles. The van der Waals surface area contributed by atoms with Gasteiger partial charge in [-0.3, -0.25) is 4.79 Å². The second-order valence-electron chi connectivity index (χ2n) is 4.52. The van der Waals surface area contributed by atoms with Crippen LogP contribution < -0.4 is 0 Å². The summed E-state index contributed by atoms with van der Waals surface area (Å²) in [6.45, 7) is 4.42. The van der Waals surface area contributed by atoms with Gasteiger partial charge in [-0.1, -0.05) is 6.07 Å². The van der Waals surface area contributed by atoms with Crippen molar-refractivity contribution in [1.29, 1.82) is 0 Å². The largest absolute Gasteiger partial charge is 0.336 e. The van der Waals surface area contributed by atoms with Gasteiger partial charge in [0.1, 0.15) is 0 Å². The molecule has 0 fully saturated rings. The van der Waals surface area contributed by atoms with Gasteiger partial charge in [-0.05, 0) is 31.5 Å². The fourth-order valence-corrected chi connectivity index (χ4v) is 2.65. The Kier molecular flexibility index (Phi) is 4.27. The Hall–Kier alpha value is -1.33. The number of carbonyl (C=O) groups is 1. The van der Waals surface area contributed by atoms with E-state index in [-0.39, 0.29) is 5.91 Å². The van der Waals surface area contributed by atoms with Crippen molar-refractivity contribution < 1.29 is 4.79 Å². The third-order valence-electron chi connectivity index (χ3n) is 2.86. The molecule has 5 heteroatoms. The average molecular weight is 292 g/mol. The summed E-state index contributed by atoms with van der Waals surface area (Å²) >= 11 is 5.88. The molecule has 0 atom stereocenters. The zero-order valence-corrected chi connectivity index (χ0v) is 12.9. The first-order valence-corrected chi connectivity index (χ1v) is 7.26. The van der Waals surface area contributed by atoms with E-state index in [4.69, 9.17) is 0 Å². The summed E-state index contributed by atoms with van der Waals surface area (Å²) in [6, 6.07) is 5.61. The molecule has 0 saturated heterocycles. The maximum absolute atomic E-state index is 12.4. The maximum atomic E-state index is 12.4. The summed E-state index contributed by atoms with van der Waals surface area (Å²) in [7, 11) is 1.79. The van der Waals surface area contributed by atoms with E-state index < -0.39 is 0 Å². The van der Waals surface area contributed by atoms with Crippen LogP contribution in [0, 0.1) is 13.8 Å². The highest BCUT2D eigenvalue weighted by atomic mass is 32.1. The minimum absolute atomic E-state index is 0.000877. The van der Waals surface area contributed by atoms with E-state index in [9.17, 15) is 4.79 Å². The first-order chi connectivity index (χ1) is 8.97. The van der Waals surface area contributed by atoms with Crippen LogP contribution in [0.1, 0.15) is 26.6 Å². The van der Waals surface area contributed by atoms with E-state index in [0.29, 0.717) is 12.1 Å². The second kappa shape index (κ2) is 5.75. The molecule has 0 saturated carbocycles. The summed E-state index contributed by atoms with van der Waals surface area (Å²) in [4.78, 5) is 19.3. The number of amides is 1. The smallest absolute Gasteiger partial charge is 0.254 e. The Morgan fingerprint density at radius 2 is 2.16 bits per heavy atom. The number of carbonyl (C=O) groups excluding carboxylic acids is 1. The van der Waals surface area contributed by atoms with Crippen molar-refractivity contribution >= 4 is 29.9 Å². The van der Waals surface area contributed by atoms with E-state index in [1.165, 1.54) is 0 Å². The molecule has 0 radical (unpaired) electrons. The SMILES string of the molecule is Cc1nc(CN(C)C(=O)c2cc(S)ccc2C)cs1. The number of nitrogens with zero attached hydrogens (tertiary/aromatic N) is 2. The quantitative estimate of drug-likeness (QED) is 0.880. The number of thiol groups is 1. The summed E-state index contributed by atoms with van der Waals surface area (Å²) < 4.78 is 0. The number of thiazole rings is 1. The van der Waals surface area contributed by atoms with Crippen LogP contribution in [-0.4, -0.2) is 22.8 Å². The lowest BCUT2D eigenvalue weighted by atomic mass is 10.1. The minimum Gasteiger partial charge on any atom is -0.336 e. The Morgan fingerprint density at radius 3 is 2.79 bits per heavy atom. The highest BCUT2D eigenvalue weighted by Crippen LogP contribution is 2.17. The molecular formula is C14H16N2OS2. The van der Waals surface area contributed by atoms with E-state index >= 15 is 0 Å². The van der Waals surface area contributed by atoms with Crippen molar-refractivity contribution in [1.82, 2.24) is 9.88 Å². The van der Waals surface area contributed by atoms with Gasteiger partial charge in [0.15, 0.2) is 0 Å². The Morgan fingerprint density at radius 1 is 1.42 bits per heavy atom. The van der Waals surface area contributed by atoms with Gasteiger partial charge in [-0.2, -0.15) is 0 Å². The van der Waals surface area contributed by atoms with Gasteiger partial charge in [-0.15, -0.1) is 24.0 Å². The molecule has 0 aliphatic rings. The zero-order chi connectivity index (χ0) is 14.0. The molecule has 0 bridgehead atoms. The number of benzene rings is 1. The van der Waals surface area contributed by atoms with E-state index in [2.05, 4.69) is 17.6 Å². The van der Waals surface area contributed by atoms with E-state index in [1.54, 1.807) is 23.3 Å². The third kappa shape index (κ3) is 3.36. The molecule has 1 heterocycles. The lowest BCUT2D eigenvalue weighted by Gasteiger charge is -2.17. The first kappa shape index (κ1) is 14.1. The van der Waals surface area contributed by atoms with E-state index in [0.717, 1.165) is 21.2 Å². The standard InChI is InChI=1S/C14H16N2OS2/c1-9-4-5-12(18)6-13(9)14(17)16(3)7-11-8-19-10(2)15-11/h4-6,8,18H,7H2,1-3H3. The third-order valence-corrected chi connectivity index (χ3v) is 3.96. The summed E-state index contributed by atoms with van der Waals surface area (Å²) in [6.07, 6.45) is 0. The van der Waals surface area contributed by atoms with Crippen molar-refractivity contribution in [2.75, 3.05) is 7.05 Å². The van der Waals surface area contributed by atoms with Crippen molar-refractivity contribution in [3.8, 4) is 0 Å². The van der Waals surface area contributed by atoms with Crippen LogP contribution in [0.5, 0.6) is 0 Å². The predicted octanol–water partition coefficient (Wildman–Crippen LogP) is 3.32. The first-order valence-electron chi connectivity index (χ1n) is 5.93. The van der Waals surface area contributed by atoms with Crippen LogP contribution >= 0.6 is 24.0 Å². The second-order valence-corrected chi connectivity index (χ2v) is 6.10. The van der Waals surface area contributed by atoms with Gasteiger partial charge in [0.25, 0.3) is 5.91 Å². The van der Waals surface area contributed by atoms with Crippen LogP contribution in [0.25, 0.3) is 0 Å². The molecule has 0 N–H and O–H groups in total. The topological polar surface area (TPSA) is 33.2 Å². The van der Waals surface area contributed by atoms with Crippen LogP contribution in [-0.2, 0) is 6.54 Å². The lowest BCUT2D eigenvalue weighted by molar-refractivity contribution is 0.0782. The Bertz CT molecular complexity index is 607. The van der Waals surface area contributed by atoms with E-state index in [1.807, 2.05) is 37.4 Å². The van der Waals surface area contributed by atoms with Gasteiger partial charge < -0.3 is 4.90 Å². The monoisotopic (exact) mass is 292 g/mol. The fraction of sp³-hybridized carbons (Fsp3) is 0.286. The predicted molar refractivity (Wildman–Crippen MR) is 81.1 cm³/mol. The molecule has 2 aromatic rings. The van der Waals surface area contributed by atoms with Crippen molar-refractivity contribution in [2.45, 2.75) is 25.3 Å². The number of aromatic nitrogens is 1. The normalized spacial score (nSPS) is 10.5. The fourth-order valence-electron chi connectivity index (χ4n) is 1.84. The molecule has 0 unspecified atom stereocenters. The van der Waals surface area contributed by atoms with Crippen LogP contribution in [0.3, 0.4) is 0 Å². The Labute approximate surface area is 122 Å². The highest BCUT2D eigenvalue weighted by Gasteiger charge is 2.15. The van der Waals surface area contributed by atoms with Crippen molar-refractivity contribution in [2.24, 2.45) is 0 Å². The average Bonchev–Trinajstić information content (AvgIpc) is 2.77. The van der Waals surface area contributed by atoms with Crippen molar-refractivity contribution in [3.05, 3.63) is 45.4 Å². The molecule has 0 spiro atoms. The van der Waals surface area contributed by atoms with Crippen molar-refractivity contribution in [3.63, 3.8) is 0 Å². The van der Waals surface area contributed by atoms with Gasteiger partial charge in [0.2, 0.25) is 0 Å². The zero-order valence-electron chi connectivity index (χ0n) is 11.2. The molecule has 19 heavy (non-hydrogen) atoms. The molecule has 2 rings (SSSR count). The molecule has 1 aromatic carbocycles. The molecule has 1 amide bonds. The number of aryl methyl sites for hydroxylation is 2. The molecule has 3 nitrogen and oxygen atoms in total. The van der Waals surface area contributed by atoms with Gasteiger partial charge in [-0.25, -0.2) is 4.98 Å². The van der Waals surface area contributed by atoms with Gasteiger partial charge >= 0.3 is 0 Å². The van der Waals surface area contributed by atoms with Gasteiger partial charge in [0, 0.05) is 22.9 Å². The van der Waals surface area contributed by atoms with Crippen LogP contribution in [0.15, 0.2) is 28.5 Å². The van der Waals surface area contributed by atoms with Gasteiger partial charge in [0.05, 0.1) is 17.2 Å². The molecule has 0 aliphatic carbocycles.